The first kappa shape index (κ1) is 15.5. The Bertz CT molecular complexity index is 562. The first-order valence-corrected chi connectivity index (χ1v) is 7.27. The number of amides is 1. The minimum Gasteiger partial charge on any atom is -0.506 e. The zero-order chi connectivity index (χ0) is 15.8. The van der Waals surface area contributed by atoms with Gasteiger partial charge in [0.2, 0.25) is 0 Å². The highest BCUT2D eigenvalue weighted by atomic mass is 16.6. The summed E-state index contributed by atoms with van der Waals surface area (Å²) >= 11 is 0. The highest BCUT2D eigenvalue weighted by Gasteiger charge is 2.25. The molecule has 1 aromatic carbocycles. The van der Waals surface area contributed by atoms with Crippen molar-refractivity contribution < 1.29 is 14.6 Å². The van der Waals surface area contributed by atoms with Crippen LogP contribution in [0.15, 0.2) is 6.07 Å². The molecule has 0 aliphatic carbocycles. The van der Waals surface area contributed by atoms with E-state index in [4.69, 9.17) is 10.5 Å². The van der Waals surface area contributed by atoms with Gasteiger partial charge in [-0.15, -0.1) is 0 Å². The van der Waals surface area contributed by atoms with Crippen molar-refractivity contribution in [1.29, 1.82) is 0 Å². The largest absolute Gasteiger partial charge is 0.506 e. The number of ether oxygens (including phenoxy) is 1. The third kappa shape index (κ3) is 3.40. The minimum atomic E-state index is -0.491. The molecular weight excluding hydrogens is 268 g/mol. The van der Waals surface area contributed by atoms with Crippen LogP contribution in [0.3, 0.4) is 0 Å². The van der Waals surface area contributed by atoms with Gasteiger partial charge in [0.25, 0.3) is 0 Å². The number of nitrogens with zero attached hydrogens (tertiary/aromatic N) is 1. The molecule has 0 spiro atoms. The standard InChI is InChI=1S/C16H24N2O3/c1-10-12-6-8-18(15(20)21-16(2,3)4)7-5-11(12)9-13(17)14(10)19/h9,19H,5-8,17H2,1-4H3. The number of phenols is 1. The lowest BCUT2D eigenvalue weighted by molar-refractivity contribution is 0.0258. The fraction of sp³-hybridized carbons (Fsp3) is 0.562. The van der Waals surface area contributed by atoms with Crippen LogP contribution in [0.5, 0.6) is 5.75 Å². The van der Waals surface area contributed by atoms with Gasteiger partial charge in [0, 0.05) is 13.1 Å². The second kappa shape index (κ2) is 5.47. The van der Waals surface area contributed by atoms with Gasteiger partial charge in [-0.05, 0) is 63.3 Å². The van der Waals surface area contributed by atoms with Gasteiger partial charge >= 0.3 is 6.09 Å². The molecule has 1 aromatic rings. The number of rotatable bonds is 0. The van der Waals surface area contributed by atoms with Crippen molar-refractivity contribution >= 4 is 11.8 Å². The van der Waals surface area contributed by atoms with E-state index in [9.17, 15) is 9.90 Å². The lowest BCUT2D eigenvalue weighted by Gasteiger charge is -2.26. The van der Waals surface area contributed by atoms with E-state index in [-0.39, 0.29) is 11.8 Å². The van der Waals surface area contributed by atoms with E-state index in [1.54, 1.807) is 4.90 Å². The average molecular weight is 292 g/mol. The molecule has 0 unspecified atom stereocenters. The van der Waals surface area contributed by atoms with Crippen LogP contribution in [0.4, 0.5) is 10.5 Å². The number of nitrogens with two attached hydrogens (primary N) is 1. The molecule has 116 valence electrons. The topological polar surface area (TPSA) is 75.8 Å². The smallest absolute Gasteiger partial charge is 0.410 e. The molecule has 0 aromatic heterocycles. The molecule has 0 saturated carbocycles. The Kier molecular flexibility index (Phi) is 4.03. The SMILES string of the molecule is Cc1c(O)c(N)cc2c1CCN(C(=O)OC(C)(C)C)CC2. The molecule has 1 heterocycles. The summed E-state index contributed by atoms with van der Waals surface area (Å²) in [4.78, 5) is 13.9. The first-order chi connectivity index (χ1) is 9.69. The summed E-state index contributed by atoms with van der Waals surface area (Å²) in [6.07, 6.45) is 1.14. The summed E-state index contributed by atoms with van der Waals surface area (Å²) in [7, 11) is 0. The summed E-state index contributed by atoms with van der Waals surface area (Å²) in [6.45, 7) is 8.65. The van der Waals surface area contributed by atoms with Crippen molar-refractivity contribution in [3.8, 4) is 5.75 Å². The lowest BCUT2D eigenvalue weighted by atomic mass is 9.96. The second-order valence-electron chi connectivity index (χ2n) is 6.54. The molecule has 0 radical (unpaired) electrons. The van der Waals surface area contributed by atoms with E-state index in [0.717, 1.165) is 23.1 Å². The van der Waals surface area contributed by atoms with Gasteiger partial charge in [-0.2, -0.15) is 0 Å². The van der Waals surface area contributed by atoms with E-state index in [0.29, 0.717) is 25.2 Å². The number of carbonyl (C=O) groups excluding carboxylic acids is 1. The molecular formula is C16H24N2O3. The number of benzene rings is 1. The van der Waals surface area contributed by atoms with Gasteiger partial charge < -0.3 is 20.5 Å². The van der Waals surface area contributed by atoms with Crippen molar-refractivity contribution in [3.05, 3.63) is 22.8 Å². The summed E-state index contributed by atoms with van der Waals surface area (Å²) in [6, 6.07) is 1.82. The van der Waals surface area contributed by atoms with Gasteiger partial charge in [-0.1, -0.05) is 0 Å². The summed E-state index contributed by atoms with van der Waals surface area (Å²) in [5.41, 5.74) is 8.74. The molecule has 5 heteroatoms. The third-order valence-corrected chi connectivity index (χ3v) is 3.73. The van der Waals surface area contributed by atoms with E-state index in [2.05, 4.69) is 0 Å². The molecule has 0 saturated heterocycles. The normalized spacial score (nSPS) is 15.3. The Balaban J connectivity index is 2.18. The van der Waals surface area contributed by atoms with Crippen LogP contribution >= 0.6 is 0 Å². The molecule has 3 N–H and O–H groups in total. The maximum absolute atomic E-state index is 12.2. The minimum absolute atomic E-state index is 0.152. The Morgan fingerprint density at radius 1 is 1.33 bits per heavy atom. The second-order valence-corrected chi connectivity index (χ2v) is 6.54. The van der Waals surface area contributed by atoms with Crippen LogP contribution in [-0.4, -0.2) is 34.8 Å². The van der Waals surface area contributed by atoms with Crippen molar-refractivity contribution in [1.82, 2.24) is 4.90 Å². The zero-order valence-electron chi connectivity index (χ0n) is 13.2. The van der Waals surface area contributed by atoms with Crippen molar-refractivity contribution in [2.24, 2.45) is 0 Å². The van der Waals surface area contributed by atoms with Gasteiger partial charge in [0.1, 0.15) is 11.4 Å². The van der Waals surface area contributed by atoms with Crippen molar-refractivity contribution in [3.63, 3.8) is 0 Å². The monoisotopic (exact) mass is 292 g/mol. The number of hydrogen-bond acceptors (Lipinski definition) is 4. The van der Waals surface area contributed by atoms with Gasteiger partial charge in [0.15, 0.2) is 0 Å². The third-order valence-electron chi connectivity index (χ3n) is 3.73. The molecule has 0 bridgehead atoms. The van der Waals surface area contributed by atoms with E-state index in [1.807, 2.05) is 33.8 Å². The van der Waals surface area contributed by atoms with Crippen LogP contribution in [0.25, 0.3) is 0 Å². The molecule has 21 heavy (non-hydrogen) atoms. The molecule has 2 rings (SSSR count). The number of anilines is 1. The number of carbonyl (C=O) groups is 1. The summed E-state index contributed by atoms with van der Waals surface area (Å²) in [5, 5.41) is 9.95. The molecule has 0 atom stereocenters. The van der Waals surface area contributed by atoms with Crippen LogP contribution in [-0.2, 0) is 17.6 Å². The van der Waals surface area contributed by atoms with Crippen LogP contribution in [0.2, 0.25) is 0 Å². The maximum Gasteiger partial charge on any atom is 0.410 e. The average Bonchev–Trinajstić information content (AvgIpc) is 2.57. The Morgan fingerprint density at radius 2 is 1.95 bits per heavy atom. The van der Waals surface area contributed by atoms with E-state index >= 15 is 0 Å². The number of fused-ring (bicyclic) bond motifs is 1. The molecule has 0 fully saturated rings. The Labute approximate surface area is 125 Å². The fourth-order valence-corrected chi connectivity index (χ4v) is 2.64. The highest BCUT2D eigenvalue weighted by molar-refractivity contribution is 5.69. The number of hydrogen-bond donors (Lipinski definition) is 2. The van der Waals surface area contributed by atoms with Crippen molar-refractivity contribution in [2.45, 2.75) is 46.1 Å². The Hall–Kier alpha value is -1.91. The number of nitrogen functional groups attached to an aromatic ring is 1. The van der Waals surface area contributed by atoms with Crippen LogP contribution in [0.1, 0.15) is 37.5 Å². The van der Waals surface area contributed by atoms with Crippen LogP contribution in [0, 0.1) is 6.92 Å². The van der Waals surface area contributed by atoms with Crippen LogP contribution < -0.4 is 5.73 Å². The van der Waals surface area contributed by atoms with Crippen molar-refractivity contribution in [2.75, 3.05) is 18.8 Å². The number of aromatic hydroxyl groups is 1. The summed E-state index contributed by atoms with van der Waals surface area (Å²) < 4.78 is 5.42. The first-order valence-electron chi connectivity index (χ1n) is 7.27. The molecule has 1 aliphatic heterocycles. The fourth-order valence-electron chi connectivity index (χ4n) is 2.64. The van der Waals surface area contributed by atoms with Gasteiger partial charge in [0.05, 0.1) is 5.69 Å². The van der Waals surface area contributed by atoms with Gasteiger partial charge in [-0.25, -0.2) is 4.79 Å². The highest BCUT2D eigenvalue weighted by Crippen LogP contribution is 2.32. The van der Waals surface area contributed by atoms with E-state index < -0.39 is 5.60 Å². The molecule has 1 aliphatic rings. The Morgan fingerprint density at radius 3 is 2.57 bits per heavy atom. The number of phenolic OH excluding ortho intramolecular Hbond substituents is 1. The maximum atomic E-state index is 12.2. The van der Waals surface area contributed by atoms with E-state index in [1.165, 1.54) is 0 Å². The summed E-state index contributed by atoms with van der Waals surface area (Å²) in [5.74, 6) is 0.152. The molecule has 5 nitrogen and oxygen atoms in total. The zero-order valence-corrected chi connectivity index (χ0v) is 13.2. The quantitative estimate of drug-likeness (QED) is 0.569. The predicted octanol–water partition coefficient (Wildman–Crippen LogP) is 2.62. The predicted molar refractivity (Wildman–Crippen MR) is 82.5 cm³/mol. The lowest BCUT2D eigenvalue weighted by Crippen LogP contribution is -2.38. The van der Waals surface area contributed by atoms with Gasteiger partial charge in [-0.3, -0.25) is 0 Å². The molecule has 1 amide bonds.